The van der Waals surface area contributed by atoms with Crippen LogP contribution in [-0.2, 0) is 4.79 Å². The van der Waals surface area contributed by atoms with Gasteiger partial charge in [-0.25, -0.2) is 0 Å². The second kappa shape index (κ2) is 7.86. The number of hydrogen-bond donors (Lipinski definition) is 1. The molecule has 1 N–H and O–H groups in total. The SMILES string of the molecule is N#Cc1ccc2onc(N3CCN([C@@H]4CN[C@H](C(=O)N5CCSC5)C4)CC3)c2c1. The first-order valence-electron chi connectivity index (χ1n) is 10.1. The molecule has 3 saturated heterocycles. The fourth-order valence-electron chi connectivity index (χ4n) is 4.51. The number of benzene rings is 1. The lowest BCUT2D eigenvalue weighted by molar-refractivity contribution is -0.131. The monoisotopic (exact) mass is 412 g/mol. The molecule has 0 unspecified atom stereocenters. The van der Waals surface area contributed by atoms with E-state index >= 15 is 0 Å². The Balaban J connectivity index is 1.20. The van der Waals surface area contributed by atoms with Crippen molar-refractivity contribution in [1.82, 2.24) is 20.3 Å². The Morgan fingerprint density at radius 1 is 1.28 bits per heavy atom. The fourth-order valence-corrected chi connectivity index (χ4v) is 5.47. The molecule has 8 nitrogen and oxygen atoms in total. The molecule has 3 aliphatic heterocycles. The maximum Gasteiger partial charge on any atom is 0.240 e. The zero-order chi connectivity index (χ0) is 19.8. The van der Waals surface area contributed by atoms with Crippen LogP contribution in [0.3, 0.4) is 0 Å². The topological polar surface area (TPSA) is 88.6 Å². The predicted octanol–water partition coefficient (Wildman–Crippen LogP) is 1.08. The van der Waals surface area contributed by atoms with E-state index in [1.807, 2.05) is 22.7 Å². The first-order chi connectivity index (χ1) is 14.2. The summed E-state index contributed by atoms with van der Waals surface area (Å²) in [6, 6.07) is 7.95. The summed E-state index contributed by atoms with van der Waals surface area (Å²) in [5.74, 6) is 2.97. The van der Waals surface area contributed by atoms with Crippen LogP contribution in [0.25, 0.3) is 11.0 Å². The van der Waals surface area contributed by atoms with Gasteiger partial charge < -0.3 is 19.6 Å². The Kier molecular flexibility index (Phi) is 5.08. The van der Waals surface area contributed by atoms with Gasteiger partial charge in [-0.05, 0) is 24.6 Å². The Morgan fingerprint density at radius 2 is 2.14 bits per heavy atom. The van der Waals surface area contributed by atoms with E-state index < -0.39 is 0 Å². The highest BCUT2D eigenvalue weighted by Crippen LogP contribution is 2.28. The van der Waals surface area contributed by atoms with Crippen molar-refractivity contribution in [3.63, 3.8) is 0 Å². The number of thioether (sulfide) groups is 1. The molecule has 4 heterocycles. The van der Waals surface area contributed by atoms with Crippen LogP contribution in [0.1, 0.15) is 12.0 Å². The number of nitrogens with one attached hydrogen (secondary N) is 1. The molecule has 0 spiro atoms. The average Bonchev–Trinajstić information content (AvgIpc) is 3.53. The molecule has 0 radical (unpaired) electrons. The van der Waals surface area contributed by atoms with Crippen molar-refractivity contribution in [1.29, 1.82) is 5.26 Å². The number of carbonyl (C=O) groups excluding carboxylic acids is 1. The molecule has 152 valence electrons. The van der Waals surface area contributed by atoms with Crippen LogP contribution in [-0.4, -0.2) is 83.8 Å². The van der Waals surface area contributed by atoms with Crippen molar-refractivity contribution in [3.05, 3.63) is 23.8 Å². The third-order valence-electron chi connectivity index (χ3n) is 6.18. The summed E-state index contributed by atoms with van der Waals surface area (Å²) in [6.07, 6.45) is 0.887. The molecule has 0 aliphatic carbocycles. The van der Waals surface area contributed by atoms with Crippen LogP contribution in [0.2, 0.25) is 0 Å². The summed E-state index contributed by atoms with van der Waals surface area (Å²) < 4.78 is 5.45. The molecule has 2 atom stereocenters. The van der Waals surface area contributed by atoms with E-state index in [2.05, 4.69) is 26.3 Å². The van der Waals surface area contributed by atoms with E-state index in [1.54, 1.807) is 12.1 Å². The number of nitriles is 1. The lowest BCUT2D eigenvalue weighted by atomic mass is 10.1. The molecule has 9 heteroatoms. The highest BCUT2D eigenvalue weighted by Gasteiger charge is 2.37. The summed E-state index contributed by atoms with van der Waals surface area (Å²) in [6.45, 7) is 5.32. The van der Waals surface area contributed by atoms with Crippen LogP contribution in [0, 0.1) is 11.3 Å². The highest BCUT2D eigenvalue weighted by atomic mass is 32.2. The van der Waals surface area contributed by atoms with E-state index in [0.717, 1.165) is 68.5 Å². The number of nitrogens with zero attached hydrogens (tertiary/aromatic N) is 5. The van der Waals surface area contributed by atoms with E-state index in [1.165, 1.54) is 0 Å². The van der Waals surface area contributed by atoms with Gasteiger partial charge in [-0.2, -0.15) is 5.26 Å². The van der Waals surface area contributed by atoms with Gasteiger partial charge in [0.25, 0.3) is 0 Å². The standard InChI is InChI=1S/C20H24N6O2S/c21-11-14-1-2-18-16(9-14)19(23-28-18)25-5-3-24(4-6-25)15-10-17(22-12-15)20(27)26-7-8-29-13-26/h1-2,9,15,17,22H,3-8,10,12-13H2/t15-,17-/m0/s1. The fraction of sp³-hybridized carbons (Fsp3) is 0.550. The zero-order valence-electron chi connectivity index (χ0n) is 16.2. The van der Waals surface area contributed by atoms with Gasteiger partial charge >= 0.3 is 0 Å². The van der Waals surface area contributed by atoms with E-state index in [-0.39, 0.29) is 11.9 Å². The molecule has 1 aromatic carbocycles. The minimum atomic E-state index is -0.0411. The molecule has 1 aromatic heterocycles. The molecular formula is C20H24N6O2S. The van der Waals surface area contributed by atoms with Crippen molar-refractivity contribution < 1.29 is 9.32 Å². The van der Waals surface area contributed by atoms with Crippen molar-refractivity contribution in [2.24, 2.45) is 0 Å². The van der Waals surface area contributed by atoms with Crippen molar-refractivity contribution >= 4 is 34.5 Å². The van der Waals surface area contributed by atoms with Crippen LogP contribution in [0.4, 0.5) is 5.82 Å². The Hall–Kier alpha value is -2.28. The quantitative estimate of drug-likeness (QED) is 0.801. The predicted molar refractivity (Wildman–Crippen MR) is 112 cm³/mol. The van der Waals surface area contributed by atoms with E-state index in [9.17, 15) is 4.79 Å². The van der Waals surface area contributed by atoms with Crippen LogP contribution >= 0.6 is 11.8 Å². The minimum Gasteiger partial charge on any atom is -0.354 e. The van der Waals surface area contributed by atoms with E-state index in [0.29, 0.717) is 17.2 Å². The molecule has 5 rings (SSSR count). The average molecular weight is 413 g/mol. The van der Waals surface area contributed by atoms with Crippen molar-refractivity contribution in [3.8, 4) is 6.07 Å². The maximum absolute atomic E-state index is 12.6. The van der Waals surface area contributed by atoms with Gasteiger partial charge in [-0.3, -0.25) is 9.69 Å². The summed E-state index contributed by atoms with van der Waals surface area (Å²) >= 11 is 1.83. The first kappa shape index (κ1) is 18.7. The third kappa shape index (κ3) is 3.56. The number of piperazine rings is 1. The van der Waals surface area contributed by atoms with Crippen molar-refractivity contribution in [2.45, 2.75) is 18.5 Å². The summed E-state index contributed by atoms with van der Waals surface area (Å²) in [7, 11) is 0. The number of hydrogen-bond acceptors (Lipinski definition) is 8. The van der Waals surface area contributed by atoms with Gasteiger partial charge in [0.15, 0.2) is 11.4 Å². The number of aromatic nitrogens is 1. The number of anilines is 1. The second-order valence-corrected chi connectivity index (χ2v) is 8.92. The number of fused-ring (bicyclic) bond motifs is 1. The van der Waals surface area contributed by atoms with Gasteiger partial charge in [0.1, 0.15) is 0 Å². The third-order valence-corrected chi connectivity index (χ3v) is 7.15. The summed E-state index contributed by atoms with van der Waals surface area (Å²) in [5, 5.41) is 17.8. The molecule has 2 aromatic rings. The number of rotatable bonds is 3. The smallest absolute Gasteiger partial charge is 0.240 e. The minimum absolute atomic E-state index is 0.0411. The van der Waals surface area contributed by atoms with E-state index in [4.69, 9.17) is 9.78 Å². The number of carbonyl (C=O) groups is 1. The zero-order valence-corrected chi connectivity index (χ0v) is 17.0. The number of amides is 1. The highest BCUT2D eigenvalue weighted by molar-refractivity contribution is 7.99. The molecule has 0 saturated carbocycles. The van der Waals surface area contributed by atoms with Crippen LogP contribution in [0.15, 0.2) is 22.7 Å². The maximum atomic E-state index is 12.6. The molecular weight excluding hydrogens is 388 g/mol. The summed E-state index contributed by atoms with van der Waals surface area (Å²) in [4.78, 5) is 19.3. The van der Waals surface area contributed by atoms with Crippen LogP contribution in [0.5, 0.6) is 0 Å². The van der Waals surface area contributed by atoms with Gasteiger partial charge in [-0.1, -0.05) is 5.16 Å². The largest absolute Gasteiger partial charge is 0.354 e. The second-order valence-electron chi connectivity index (χ2n) is 7.84. The van der Waals surface area contributed by atoms with Gasteiger partial charge in [0.05, 0.1) is 28.9 Å². The Morgan fingerprint density at radius 3 is 2.90 bits per heavy atom. The lowest BCUT2D eigenvalue weighted by Crippen LogP contribution is -2.51. The first-order valence-corrected chi connectivity index (χ1v) is 11.3. The lowest BCUT2D eigenvalue weighted by Gasteiger charge is -2.37. The van der Waals surface area contributed by atoms with Crippen molar-refractivity contribution in [2.75, 3.05) is 55.8 Å². The Bertz CT molecular complexity index is 942. The molecule has 3 fully saturated rings. The van der Waals surface area contributed by atoms with Crippen LogP contribution < -0.4 is 10.2 Å². The molecule has 29 heavy (non-hydrogen) atoms. The molecule has 0 bridgehead atoms. The summed E-state index contributed by atoms with van der Waals surface area (Å²) in [5.41, 5.74) is 1.33. The molecule has 1 amide bonds. The normalized spacial score (nSPS) is 25.6. The van der Waals surface area contributed by atoms with Gasteiger partial charge in [-0.15, -0.1) is 11.8 Å². The molecule has 3 aliphatic rings. The Labute approximate surface area is 173 Å². The van der Waals surface area contributed by atoms with Gasteiger partial charge in [0.2, 0.25) is 5.91 Å². The van der Waals surface area contributed by atoms with Gasteiger partial charge in [0, 0.05) is 51.1 Å².